The summed E-state index contributed by atoms with van der Waals surface area (Å²) in [6.45, 7) is 9.93. The second-order valence-electron chi connectivity index (χ2n) is 9.00. The number of nitrogens with zero attached hydrogens (tertiary/aromatic N) is 1. The highest BCUT2D eigenvalue weighted by molar-refractivity contribution is 8.01. The van der Waals surface area contributed by atoms with Crippen LogP contribution in [0.15, 0.2) is 68.7 Å². The first-order valence-corrected chi connectivity index (χ1v) is 13.6. The van der Waals surface area contributed by atoms with Gasteiger partial charge in [-0.25, -0.2) is 13.4 Å². The van der Waals surface area contributed by atoms with Gasteiger partial charge in [0.2, 0.25) is 0 Å². The third-order valence-corrected chi connectivity index (χ3v) is 9.11. The van der Waals surface area contributed by atoms with Crippen molar-refractivity contribution < 1.29 is 13.5 Å². The average molecular weight is 499 g/mol. The van der Waals surface area contributed by atoms with Crippen molar-refractivity contribution >= 4 is 49.0 Å². The van der Waals surface area contributed by atoms with E-state index in [4.69, 9.17) is 0 Å². The summed E-state index contributed by atoms with van der Waals surface area (Å²) >= 11 is 2.84. The van der Waals surface area contributed by atoms with Crippen molar-refractivity contribution in [3.8, 4) is 5.75 Å². The molecule has 0 aliphatic rings. The summed E-state index contributed by atoms with van der Waals surface area (Å²) in [5, 5.41) is 10.4. The van der Waals surface area contributed by atoms with Crippen molar-refractivity contribution in [3.05, 3.63) is 71.3 Å². The summed E-state index contributed by atoms with van der Waals surface area (Å²) < 4.78 is 31.2. The van der Waals surface area contributed by atoms with Crippen LogP contribution in [0.4, 0.5) is 5.69 Å². The van der Waals surface area contributed by atoms with E-state index in [1.807, 2.05) is 44.2 Å². The van der Waals surface area contributed by atoms with Crippen molar-refractivity contribution in [2.24, 2.45) is 0 Å². The number of nitrogens with one attached hydrogen (secondary N) is 1. The molecule has 172 valence electrons. The molecule has 0 radical (unpaired) electrons. The van der Waals surface area contributed by atoms with E-state index in [1.54, 1.807) is 18.2 Å². The van der Waals surface area contributed by atoms with E-state index in [-0.39, 0.29) is 16.1 Å². The number of rotatable bonds is 5. The Hall–Kier alpha value is -2.55. The second-order valence-corrected chi connectivity index (χ2v) is 13.0. The Bertz CT molecular complexity index is 1420. The van der Waals surface area contributed by atoms with Gasteiger partial charge in [-0.3, -0.25) is 4.72 Å². The van der Waals surface area contributed by atoms with E-state index < -0.39 is 10.0 Å². The Morgan fingerprint density at radius 2 is 1.76 bits per heavy atom. The standard InChI is InChI=1S/C25H26N2O3S3/c1-15-12-17(25(3,4)5)13-23(16(15)2)33(29,30)27-18-10-11-20(28)22(14-18)32-24-26-19-8-6-7-9-21(19)31-24/h6-14,27-28H,1-5H3. The van der Waals surface area contributed by atoms with Crippen LogP contribution < -0.4 is 4.72 Å². The van der Waals surface area contributed by atoms with E-state index in [0.717, 1.165) is 31.2 Å². The van der Waals surface area contributed by atoms with Gasteiger partial charge < -0.3 is 5.11 Å². The lowest BCUT2D eigenvalue weighted by atomic mass is 9.85. The van der Waals surface area contributed by atoms with Gasteiger partial charge in [0.15, 0.2) is 4.34 Å². The smallest absolute Gasteiger partial charge is 0.262 e. The molecule has 4 rings (SSSR count). The Morgan fingerprint density at radius 3 is 2.45 bits per heavy atom. The number of thiazole rings is 1. The Morgan fingerprint density at radius 1 is 1.03 bits per heavy atom. The van der Waals surface area contributed by atoms with Crippen molar-refractivity contribution in [2.45, 2.75) is 54.2 Å². The largest absolute Gasteiger partial charge is 0.507 e. The fraction of sp³-hybridized carbons (Fsp3) is 0.240. The number of phenolic OH excluding ortho intramolecular Hbond substituents is 1. The van der Waals surface area contributed by atoms with Crippen LogP contribution in [0.1, 0.15) is 37.5 Å². The number of hydrogen-bond acceptors (Lipinski definition) is 6. The van der Waals surface area contributed by atoms with Gasteiger partial charge in [-0.05, 0) is 72.4 Å². The van der Waals surface area contributed by atoms with E-state index in [9.17, 15) is 13.5 Å². The zero-order valence-corrected chi connectivity index (χ0v) is 21.6. The fourth-order valence-corrected chi connectivity index (χ4v) is 6.88. The third kappa shape index (κ3) is 5.03. The van der Waals surface area contributed by atoms with Gasteiger partial charge in [0.05, 0.1) is 25.7 Å². The molecule has 8 heteroatoms. The molecule has 0 bridgehead atoms. The molecule has 1 aromatic heterocycles. The molecule has 0 atom stereocenters. The highest BCUT2D eigenvalue weighted by Gasteiger charge is 2.23. The minimum atomic E-state index is -3.83. The molecular weight excluding hydrogens is 472 g/mol. The van der Waals surface area contributed by atoms with Crippen molar-refractivity contribution in [3.63, 3.8) is 0 Å². The Balaban J connectivity index is 1.66. The molecule has 0 unspecified atom stereocenters. The molecule has 1 heterocycles. The number of fused-ring (bicyclic) bond motifs is 1. The van der Waals surface area contributed by atoms with Gasteiger partial charge >= 0.3 is 0 Å². The maximum absolute atomic E-state index is 13.3. The lowest BCUT2D eigenvalue weighted by Gasteiger charge is -2.22. The number of phenols is 1. The first kappa shape index (κ1) is 23.6. The maximum atomic E-state index is 13.3. The fourth-order valence-electron chi connectivity index (χ4n) is 3.40. The van der Waals surface area contributed by atoms with Crippen molar-refractivity contribution in [1.82, 2.24) is 4.98 Å². The predicted octanol–water partition coefficient (Wildman–Crippen LogP) is 6.87. The van der Waals surface area contributed by atoms with Crippen LogP contribution >= 0.6 is 23.1 Å². The number of aromatic hydroxyl groups is 1. The van der Waals surface area contributed by atoms with E-state index in [1.165, 1.54) is 29.2 Å². The Labute approximate surface area is 203 Å². The molecular formula is C25H26N2O3S3. The molecule has 0 fully saturated rings. The monoisotopic (exact) mass is 498 g/mol. The Kier molecular flexibility index (Phi) is 6.20. The van der Waals surface area contributed by atoms with Crippen LogP contribution in [0.5, 0.6) is 5.75 Å². The minimum absolute atomic E-state index is 0.0731. The van der Waals surface area contributed by atoms with Crippen LogP contribution in [0.2, 0.25) is 0 Å². The van der Waals surface area contributed by atoms with Crippen LogP contribution in [-0.2, 0) is 15.4 Å². The lowest BCUT2D eigenvalue weighted by molar-refractivity contribution is 0.462. The van der Waals surface area contributed by atoms with E-state index in [0.29, 0.717) is 10.6 Å². The topological polar surface area (TPSA) is 79.3 Å². The number of hydrogen-bond donors (Lipinski definition) is 2. The summed E-state index contributed by atoms with van der Waals surface area (Å²) in [5.74, 6) is 0.0731. The van der Waals surface area contributed by atoms with Gasteiger partial charge in [0.25, 0.3) is 10.0 Å². The zero-order valence-electron chi connectivity index (χ0n) is 19.1. The third-order valence-electron chi connectivity index (χ3n) is 5.46. The number of sulfonamides is 1. The van der Waals surface area contributed by atoms with Crippen LogP contribution in [0, 0.1) is 13.8 Å². The molecule has 33 heavy (non-hydrogen) atoms. The number of benzene rings is 3. The summed E-state index contributed by atoms with van der Waals surface area (Å²) in [6.07, 6.45) is 0. The second kappa shape index (κ2) is 8.66. The highest BCUT2D eigenvalue weighted by atomic mass is 32.2. The van der Waals surface area contributed by atoms with E-state index in [2.05, 4.69) is 30.5 Å². The molecule has 0 aliphatic carbocycles. The number of aryl methyl sites for hydroxylation is 1. The average Bonchev–Trinajstić information content (AvgIpc) is 3.13. The number of anilines is 1. The summed E-state index contributed by atoms with van der Waals surface area (Å²) in [6, 6.07) is 16.3. The summed E-state index contributed by atoms with van der Waals surface area (Å²) in [7, 11) is -3.83. The van der Waals surface area contributed by atoms with Crippen LogP contribution in [0.25, 0.3) is 10.2 Å². The highest BCUT2D eigenvalue weighted by Crippen LogP contribution is 2.40. The van der Waals surface area contributed by atoms with Crippen molar-refractivity contribution in [1.29, 1.82) is 0 Å². The van der Waals surface area contributed by atoms with Gasteiger partial charge in [0.1, 0.15) is 5.75 Å². The molecule has 0 aliphatic heterocycles. The van der Waals surface area contributed by atoms with Gasteiger partial charge in [-0.15, -0.1) is 11.3 Å². The predicted molar refractivity (Wildman–Crippen MR) is 137 cm³/mol. The van der Waals surface area contributed by atoms with Crippen LogP contribution in [0.3, 0.4) is 0 Å². The SMILES string of the molecule is Cc1cc(C(C)(C)C)cc(S(=O)(=O)Nc2ccc(O)c(Sc3nc4ccccc4s3)c2)c1C. The summed E-state index contributed by atoms with van der Waals surface area (Å²) in [4.78, 5) is 5.38. The quantitative estimate of drug-likeness (QED) is 0.294. The molecule has 3 aromatic carbocycles. The molecule has 0 spiro atoms. The van der Waals surface area contributed by atoms with Crippen LogP contribution in [-0.4, -0.2) is 18.5 Å². The minimum Gasteiger partial charge on any atom is -0.507 e. The van der Waals surface area contributed by atoms with Gasteiger partial charge in [-0.1, -0.05) is 50.7 Å². The molecule has 0 saturated heterocycles. The number of para-hydroxylation sites is 1. The summed E-state index contributed by atoms with van der Waals surface area (Å²) in [5.41, 5.74) is 3.71. The molecule has 2 N–H and O–H groups in total. The zero-order chi connectivity index (χ0) is 24.0. The van der Waals surface area contributed by atoms with Crippen molar-refractivity contribution in [2.75, 3.05) is 4.72 Å². The first-order valence-electron chi connectivity index (χ1n) is 10.4. The molecule has 0 saturated carbocycles. The number of aromatic nitrogens is 1. The molecule has 4 aromatic rings. The normalized spacial score (nSPS) is 12.3. The van der Waals surface area contributed by atoms with E-state index >= 15 is 0 Å². The molecule has 5 nitrogen and oxygen atoms in total. The first-order chi connectivity index (χ1) is 15.4. The van der Waals surface area contributed by atoms with Gasteiger partial charge in [-0.2, -0.15) is 0 Å². The van der Waals surface area contributed by atoms with Gasteiger partial charge in [0, 0.05) is 0 Å². The maximum Gasteiger partial charge on any atom is 0.262 e. The molecule has 0 amide bonds. The lowest BCUT2D eigenvalue weighted by Crippen LogP contribution is -2.18.